The van der Waals surface area contributed by atoms with Crippen LogP contribution < -0.4 is 9.80 Å². The lowest BCUT2D eigenvalue weighted by Gasteiger charge is -2.41. The molecule has 0 aromatic heterocycles. The van der Waals surface area contributed by atoms with E-state index in [0.29, 0.717) is 38.3 Å². The van der Waals surface area contributed by atoms with Gasteiger partial charge in [-0.3, -0.25) is 4.79 Å². The van der Waals surface area contributed by atoms with Gasteiger partial charge in [0.05, 0.1) is 5.69 Å². The van der Waals surface area contributed by atoms with Crippen molar-refractivity contribution in [3.05, 3.63) is 52.0 Å². The van der Waals surface area contributed by atoms with Gasteiger partial charge in [-0.05, 0) is 62.9 Å². The molecule has 5 rings (SSSR count). The molecule has 0 bridgehead atoms. The molecule has 2 fully saturated rings. The summed E-state index contributed by atoms with van der Waals surface area (Å²) in [7, 11) is -3.74. The molecule has 3 aliphatic rings. The van der Waals surface area contributed by atoms with E-state index in [0.717, 1.165) is 28.6 Å². The van der Waals surface area contributed by atoms with E-state index in [9.17, 15) is 13.2 Å². The molecule has 0 spiro atoms. The summed E-state index contributed by atoms with van der Waals surface area (Å²) in [5, 5.41) is 0. The summed E-state index contributed by atoms with van der Waals surface area (Å²) in [4.78, 5) is 17.1. The third kappa shape index (κ3) is 3.86. The van der Waals surface area contributed by atoms with E-state index in [2.05, 4.69) is 58.9 Å². The predicted molar refractivity (Wildman–Crippen MR) is 130 cm³/mol. The zero-order valence-electron chi connectivity index (χ0n) is 18.4. The molecular weight excluding hydrogens is 490 g/mol. The number of nitrogens with zero attached hydrogens (tertiary/aromatic N) is 3. The molecule has 1 aliphatic carbocycles. The normalized spacial score (nSPS) is 21.7. The molecule has 2 aromatic carbocycles. The Morgan fingerprint density at radius 3 is 2.44 bits per heavy atom. The second-order valence-electron chi connectivity index (χ2n) is 9.17. The van der Waals surface area contributed by atoms with Crippen molar-refractivity contribution in [3.63, 3.8) is 0 Å². The highest BCUT2D eigenvalue weighted by Crippen LogP contribution is 2.42. The zero-order valence-corrected chi connectivity index (χ0v) is 20.8. The monoisotopic (exact) mass is 517 g/mol. The van der Waals surface area contributed by atoms with Gasteiger partial charge in [-0.25, -0.2) is 8.42 Å². The first-order chi connectivity index (χ1) is 15.3. The van der Waals surface area contributed by atoms with Crippen LogP contribution in [-0.2, 0) is 21.2 Å². The van der Waals surface area contributed by atoms with Crippen molar-refractivity contribution >= 4 is 43.2 Å². The molecule has 1 unspecified atom stereocenters. The first-order valence-corrected chi connectivity index (χ1v) is 13.5. The highest BCUT2D eigenvalue weighted by atomic mass is 79.9. The van der Waals surface area contributed by atoms with Gasteiger partial charge in [0.15, 0.2) is 0 Å². The van der Waals surface area contributed by atoms with Crippen molar-refractivity contribution in [3.8, 4) is 0 Å². The first-order valence-electron chi connectivity index (χ1n) is 11.2. The molecule has 8 heteroatoms. The van der Waals surface area contributed by atoms with Crippen LogP contribution in [0.1, 0.15) is 30.9 Å². The smallest absolute Gasteiger partial charge is 0.245 e. The van der Waals surface area contributed by atoms with Crippen LogP contribution in [0.3, 0.4) is 0 Å². The Morgan fingerprint density at radius 2 is 1.78 bits per heavy atom. The average Bonchev–Trinajstić information content (AvgIpc) is 3.53. The molecule has 1 amide bonds. The number of sulfonamides is 1. The third-order valence-corrected chi connectivity index (χ3v) is 9.10. The summed E-state index contributed by atoms with van der Waals surface area (Å²) in [5.74, 6) is 0.123. The lowest BCUT2D eigenvalue weighted by Crippen LogP contribution is -2.53. The third-order valence-electron chi connectivity index (χ3n) is 6.76. The molecule has 0 radical (unpaired) electrons. The Bertz CT molecular complexity index is 1160. The van der Waals surface area contributed by atoms with Gasteiger partial charge in [0.25, 0.3) is 0 Å². The van der Waals surface area contributed by atoms with Gasteiger partial charge >= 0.3 is 0 Å². The van der Waals surface area contributed by atoms with Crippen molar-refractivity contribution in [1.29, 1.82) is 0 Å². The van der Waals surface area contributed by atoms with Crippen LogP contribution in [0.15, 0.2) is 45.8 Å². The fourth-order valence-electron chi connectivity index (χ4n) is 4.84. The summed E-state index contributed by atoms with van der Waals surface area (Å²) >= 11 is 3.49. The van der Waals surface area contributed by atoms with Gasteiger partial charge in [0, 0.05) is 48.3 Å². The van der Waals surface area contributed by atoms with Gasteiger partial charge in [-0.15, -0.1) is 0 Å². The lowest BCUT2D eigenvalue weighted by atomic mass is 10.1. The maximum Gasteiger partial charge on any atom is 0.245 e. The van der Waals surface area contributed by atoms with Gasteiger partial charge in [0.1, 0.15) is 4.90 Å². The number of carbonyl (C=O) groups is 1. The summed E-state index contributed by atoms with van der Waals surface area (Å²) in [6.07, 6.45) is 2.50. The number of fused-ring (bicyclic) bond motifs is 1. The quantitative estimate of drug-likeness (QED) is 0.615. The van der Waals surface area contributed by atoms with E-state index in [1.165, 1.54) is 5.56 Å². The lowest BCUT2D eigenvalue weighted by molar-refractivity contribution is -0.119. The first kappa shape index (κ1) is 21.9. The Balaban J connectivity index is 1.44. The molecule has 1 atom stereocenters. The van der Waals surface area contributed by atoms with Crippen molar-refractivity contribution in [2.24, 2.45) is 5.92 Å². The molecule has 170 valence electrons. The number of amides is 1. The largest absolute Gasteiger partial charge is 0.366 e. The Kier molecular flexibility index (Phi) is 5.58. The summed E-state index contributed by atoms with van der Waals surface area (Å²) in [6, 6.07) is 12.0. The summed E-state index contributed by atoms with van der Waals surface area (Å²) < 4.78 is 30.0. The maximum absolute atomic E-state index is 13.8. The number of carbonyl (C=O) groups excluding carboxylic acids is 1. The van der Waals surface area contributed by atoms with Crippen LogP contribution in [0, 0.1) is 12.8 Å². The van der Waals surface area contributed by atoms with E-state index < -0.39 is 10.0 Å². The van der Waals surface area contributed by atoms with Crippen molar-refractivity contribution in [2.45, 2.75) is 44.0 Å². The average molecular weight is 518 g/mol. The minimum atomic E-state index is -3.74. The predicted octanol–water partition coefficient (Wildman–Crippen LogP) is 3.96. The SMILES string of the molecule is Cc1ccc(N2CCN(S(=O)(=O)c3cc(Br)cc4c3N(C(=O)C3CC3)CC4)CC2C)cc1. The second kappa shape index (κ2) is 8.15. The fraction of sp³-hybridized carbons (Fsp3) is 0.458. The minimum absolute atomic E-state index is 0.0469. The minimum Gasteiger partial charge on any atom is -0.366 e. The zero-order chi connectivity index (χ0) is 22.6. The maximum atomic E-state index is 13.8. The summed E-state index contributed by atoms with van der Waals surface area (Å²) in [6.45, 7) is 6.14. The number of anilines is 2. The van der Waals surface area contributed by atoms with E-state index in [-0.39, 0.29) is 22.8 Å². The Labute approximate surface area is 198 Å². The van der Waals surface area contributed by atoms with Crippen molar-refractivity contribution in [2.75, 3.05) is 36.0 Å². The summed E-state index contributed by atoms with van der Waals surface area (Å²) in [5.41, 5.74) is 3.85. The number of aryl methyl sites for hydroxylation is 1. The van der Waals surface area contributed by atoms with Gasteiger partial charge in [-0.2, -0.15) is 4.31 Å². The number of hydrogen-bond acceptors (Lipinski definition) is 4. The highest BCUT2D eigenvalue weighted by molar-refractivity contribution is 9.10. The molecule has 2 heterocycles. The number of rotatable bonds is 4. The molecule has 1 saturated heterocycles. The van der Waals surface area contributed by atoms with Crippen molar-refractivity contribution < 1.29 is 13.2 Å². The Morgan fingerprint density at radius 1 is 1.06 bits per heavy atom. The number of benzene rings is 2. The van der Waals surface area contributed by atoms with E-state index in [1.54, 1.807) is 15.3 Å². The van der Waals surface area contributed by atoms with E-state index >= 15 is 0 Å². The number of piperazine rings is 1. The van der Waals surface area contributed by atoms with Crippen LogP contribution in [0.25, 0.3) is 0 Å². The molecular formula is C24H28BrN3O3S. The van der Waals surface area contributed by atoms with E-state index in [4.69, 9.17) is 0 Å². The molecule has 32 heavy (non-hydrogen) atoms. The molecule has 6 nitrogen and oxygen atoms in total. The molecule has 2 aromatic rings. The van der Waals surface area contributed by atoms with Crippen molar-refractivity contribution in [1.82, 2.24) is 4.31 Å². The topological polar surface area (TPSA) is 60.9 Å². The van der Waals surface area contributed by atoms with Gasteiger partial charge in [-0.1, -0.05) is 33.6 Å². The van der Waals surface area contributed by atoms with Crippen LogP contribution in [0.2, 0.25) is 0 Å². The fourth-order valence-corrected chi connectivity index (χ4v) is 7.27. The van der Waals surface area contributed by atoms with Crippen LogP contribution in [-0.4, -0.2) is 50.9 Å². The van der Waals surface area contributed by atoms with Crippen LogP contribution >= 0.6 is 15.9 Å². The molecule has 1 saturated carbocycles. The molecule has 0 N–H and O–H groups in total. The molecule has 2 aliphatic heterocycles. The van der Waals surface area contributed by atoms with Gasteiger partial charge < -0.3 is 9.80 Å². The highest BCUT2D eigenvalue weighted by Gasteiger charge is 2.41. The number of hydrogen-bond donors (Lipinski definition) is 0. The van der Waals surface area contributed by atoms with Gasteiger partial charge in [0.2, 0.25) is 15.9 Å². The standard InChI is InChI=1S/C24H28BrN3O3S/c1-16-3-7-21(8-4-16)27-12-11-26(15-17(27)2)32(30,31)22-14-20(25)13-19-9-10-28(23(19)22)24(29)18-5-6-18/h3-4,7-8,13-14,17-18H,5-6,9-12,15H2,1-2H3. The van der Waals surface area contributed by atoms with Crippen LogP contribution in [0.4, 0.5) is 11.4 Å². The van der Waals surface area contributed by atoms with E-state index in [1.807, 2.05) is 6.07 Å². The second-order valence-corrected chi connectivity index (χ2v) is 12.0. The van der Waals surface area contributed by atoms with Crippen LogP contribution in [0.5, 0.6) is 0 Å². The Hall–Kier alpha value is -1.90. The number of halogens is 1.